The Morgan fingerprint density at radius 2 is 1.82 bits per heavy atom. The number of urea groups is 1. The summed E-state index contributed by atoms with van der Waals surface area (Å²) in [7, 11) is 0. The largest absolute Gasteiger partial charge is 0.350 e. The number of piperidine rings is 1. The number of amides is 3. The average Bonchev–Trinajstić information content (AvgIpc) is 2.70. The van der Waals surface area contributed by atoms with E-state index < -0.39 is 0 Å². The molecule has 146 valence electrons. The Labute approximate surface area is 171 Å². The zero-order valence-electron chi connectivity index (χ0n) is 15.2. The van der Waals surface area contributed by atoms with E-state index in [1.54, 1.807) is 17.0 Å². The van der Waals surface area contributed by atoms with Gasteiger partial charge in [0.2, 0.25) is 5.91 Å². The van der Waals surface area contributed by atoms with Crippen LogP contribution in [0.4, 0.5) is 14.9 Å². The van der Waals surface area contributed by atoms with Gasteiger partial charge in [-0.25, -0.2) is 9.18 Å². The predicted molar refractivity (Wildman–Crippen MR) is 111 cm³/mol. The Kier molecular flexibility index (Phi) is 6.81. The summed E-state index contributed by atoms with van der Waals surface area (Å²) in [6.45, 7) is 1.13. The molecule has 2 N–H and O–H groups in total. The van der Waals surface area contributed by atoms with E-state index in [2.05, 4.69) is 26.6 Å². The van der Waals surface area contributed by atoms with Crippen molar-refractivity contribution < 1.29 is 14.0 Å². The molecule has 1 fully saturated rings. The molecule has 5 nitrogen and oxygen atoms in total. The lowest BCUT2D eigenvalue weighted by Gasteiger charge is -2.32. The summed E-state index contributed by atoms with van der Waals surface area (Å²) in [5.41, 5.74) is 1.10. The zero-order valence-corrected chi connectivity index (χ0v) is 16.8. The van der Waals surface area contributed by atoms with Crippen LogP contribution in [0.3, 0.4) is 0 Å². The van der Waals surface area contributed by atoms with Crippen LogP contribution in [0, 0.1) is 5.82 Å². The third kappa shape index (κ3) is 5.66. The fourth-order valence-electron chi connectivity index (χ4n) is 3.01. The van der Waals surface area contributed by atoms with E-state index in [1.807, 2.05) is 30.3 Å². The molecular formula is C21H21BrFN3O2. The highest BCUT2D eigenvalue weighted by molar-refractivity contribution is 9.10. The van der Waals surface area contributed by atoms with Gasteiger partial charge in [-0.3, -0.25) is 4.79 Å². The Hall–Kier alpha value is -2.67. The Morgan fingerprint density at radius 3 is 2.54 bits per heavy atom. The SMILES string of the molecule is O=C(/C=C/c1cc(Br)ccc1F)NC1CCN(C(=O)Nc2ccccc2)CC1. The van der Waals surface area contributed by atoms with E-state index in [1.165, 1.54) is 18.2 Å². The number of nitrogens with one attached hydrogen (secondary N) is 2. The number of likely N-dealkylation sites (tertiary alicyclic amines) is 1. The minimum atomic E-state index is -0.384. The minimum Gasteiger partial charge on any atom is -0.350 e. The van der Waals surface area contributed by atoms with Gasteiger partial charge in [0.1, 0.15) is 5.82 Å². The summed E-state index contributed by atoms with van der Waals surface area (Å²) in [5, 5.41) is 5.78. The smallest absolute Gasteiger partial charge is 0.321 e. The highest BCUT2D eigenvalue weighted by atomic mass is 79.9. The number of halogens is 2. The lowest BCUT2D eigenvalue weighted by molar-refractivity contribution is -0.117. The molecule has 0 atom stereocenters. The van der Waals surface area contributed by atoms with Crippen LogP contribution in [-0.4, -0.2) is 36.0 Å². The first kappa shape index (κ1) is 20.1. The van der Waals surface area contributed by atoms with E-state index in [-0.39, 0.29) is 23.8 Å². The maximum atomic E-state index is 13.7. The van der Waals surface area contributed by atoms with E-state index in [4.69, 9.17) is 0 Å². The highest BCUT2D eigenvalue weighted by Crippen LogP contribution is 2.17. The average molecular weight is 446 g/mol. The second kappa shape index (κ2) is 9.50. The first-order valence-corrected chi connectivity index (χ1v) is 9.85. The van der Waals surface area contributed by atoms with Crippen LogP contribution >= 0.6 is 15.9 Å². The molecule has 0 aromatic heterocycles. The number of carbonyl (C=O) groups excluding carboxylic acids is 2. The Morgan fingerprint density at radius 1 is 1.11 bits per heavy atom. The van der Waals surface area contributed by atoms with Crippen molar-refractivity contribution in [3.8, 4) is 0 Å². The maximum Gasteiger partial charge on any atom is 0.321 e. The first-order valence-electron chi connectivity index (χ1n) is 9.06. The van der Waals surface area contributed by atoms with E-state index in [0.29, 0.717) is 31.5 Å². The molecule has 28 heavy (non-hydrogen) atoms. The molecule has 0 radical (unpaired) electrons. The van der Waals surface area contributed by atoms with Gasteiger partial charge < -0.3 is 15.5 Å². The second-order valence-electron chi connectivity index (χ2n) is 6.57. The Balaban J connectivity index is 1.46. The van der Waals surface area contributed by atoms with Gasteiger partial charge in [-0.15, -0.1) is 0 Å². The summed E-state index contributed by atoms with van der Waals surface area (Å²) in [4.78, 5) is 26.1. The van der Waals surface area contributed by atoms with Gasteiger partial charge in [0, 0.05) is 40.9 Å². The molecule has 0 bridgehead atoms. The first-order chi connectivity index (χ1) is 13.5. The molecule has 3 rings (SSSR count). The second-order valence-corrected chi connectivity index (χ2v) is 7.48. The number of para-hydroxylation sites is 1. The number of hydrogen-bond acceptors (Lipinski definition) is 2. The fourth-order valence-corrected chi connectivity index (χ4v) is 3.39. The molecule has 1 aliphatic heterocycles. The number of anilines is 1. The van der Waals surface area contributed by atoms with Crippen LogP contribution < -0.4 is 10.6 Å². The summed E-state index contributed by atoms with van der Waals surface area (Å²) < 4.78 is 14.5. The third-order valence-electron chi connectivity index (χ3n) is 4.53. The quantitative estimate of drug-likeness (QED) is 0.684. The van der Waals surface area contributed by atoms with Crippen LogP contribution in [0.2, 0.25) is 0 Å². The van der Waals surface area contributed by atoms with E-state index in [0.717, 1.165) is 10.2 Å². The molecular weight excluding hydrogens is 425 g/mol. The molecule has 7 heteroatoms. The van der Waals surface area contributed by atoms with Gasteiger partial charge in [-0.05, 0) is 49.2 Å². The molecule has 3 amide bonds. The molecule has 0 aliphatic carbocycles. The molecule has 2 aromatic rings. The van der Waals surface area contributed by atoms with Gasteiger partial charge in [0.25, 0.3) is 0 Å². The molecule has 0 saturated carbocycles. The van der Waals surface area contributed by atoms with Gasteiger partial charge >= 0.3 is 6.03 Å². The van der Waals surface area contributed by atoms with E-state index >= 15 is 0 Å². The van der Waals surface area contributed by atoms with Crippen molar-refractivity contribution in [2.45, 2.75) is 18.9 Å². The zero-order chi connectivity index (χ0) is 19.9. The molecule has 1 aliphatic rings. The van der Waals surface area contributed by atoms with Gasteiger partial charge in [0.15, 0.2) is 0 Å². The summed E-state index contributed by atoms with van der Waals surface area (Å²) in [6, 6.07) is 13.7. The van der Waals surface area contributed by atoms with E-state index in [9.17, 15) is 14.0 Å². The molecule has 1 saturated heterocycles. The Bertz CT molecular complexity index is 865. The molecule has 2 aromatic carbocycles. The summed E-state index contributed by atoms with van der Waals surface area (Å²) in [5.74, 6) is -0.656. The van der Waals surface area contributed by atoms with Crippen molar-refractivity contribution in [2.24, 2.45) is 0 Å². The van der Waals surface area contributed by atoms with Crippen molar-refractivity contribution in [1.82, 2.24) is 10.2 Å². The van der Waals surface area contributed by atoms with Crippen LogP contribution in [0.5, 0.6) is 0 Å². The number of benzene rings is 2. The number of carbonyl (C=O) groups is 2. The van der Waals surface area contributed by atoms with Gasteiger partial charge in [-0.1, -0.05) is 34.1 Å². The third-order valence-corrected chi connectivity index (χ3v) is 5.02. The molecule has 0 spiro atoms. The highest BCUT2D eigenvalue weighted by Gasteiger charge is 2.23. The molecule has 1 heterocycles. The van der Waals surface area contributed by atoms with Crippen LogP contribution in [0.15, 0.2) is 59.1 Å². The van der Waals surface area contributed by atoms with Gasteiger partial charge in [0.05, 0.1) is 0 Å². The maximum absolute atomic E-state index is 13.7. The summed E-state index contributed by atoms with van der Waals surface area (Å²) >= 11 is 3.28. The topological polar surface area (TPSA) is 61.4 Å². The monoisotopic (exact) mass is 445 g/mol. The number of nitrogens with zero attached hydrogens (tertiary/aromatic N) is 1. The lowest BCUT2D eigenvalue weighted by atomic mass is 10.1. The van der Waals surface area contributed by atoms with Crippen LogP contribution in [0.1, 0.15) is 18.4 Å². The standard InChI is InChI=1S/C21H21BrFN3O2/c22-16-7-8-19(23)15(14-16)6-9-20(27)24-18-10-12-26(13-11-18)21(28)25-17-4-2-1-3-5-17/h1-9,14,18H,10-13H2,(H,24,27)(H,25,28)/b9-6+. The minimum absolute atomic E-state index is 0.00900. The lowest BCUT2D eigenvalue weighted by Crippen LogP contribution is -2.47. The normalized spacial score (nSPS) is 14.9. The van der Waals surface area contributed by atoms with Crippen LogP contribution in [0.25, 0.3) is 6.08 Å². The van der Waals surface area contributed by atoms with Crippen molar-refractivity contribution >= 4 is 39.6 Å². The van der Waals surface area contributed by atoms with Crippen molar-refractivity contribution in [1.29, 1.82) is 0 Å². The van der Waals surface area contributed by atoms with Crippen LogP contribution in [-0.2, 0) is 4.79 Å². The summed E-state index contributed by atoms with van der Waals surface area (Å²) in [6.07, 6.45) is 4.14. The fraction of sp³-hybridized carbons (Fsp3) is 0.238. The van der Waals surface area contributed by atoms with Crippen molar-refractivity contribution in [3.63, 3.8) is 0 Å². The molecule has 0 unspecified atom stereocenters. The predicted octanol–water partition coefficient (Wildman–Crippen LogP) is 4.41. The number of hydrogen-bond donors (Lipinski definition) is 2. The number of rotatable bonds is 4. The van der Waals surface area contributed by atoms with Gasteiger partial charge in [-0.2, -0.15) is 0 Å². The van der Waals surface area contributed by atoms with Crippen molar-refractivity contribution in [3.05, 3.63) is 70.5 Å². The van der Waals surface area contributed by atoms with Crippen molar-refractivity contribution in [2.75, 3.05) is 18.4 Å².